The van der Waals surface area contributed by atoms with Gasteiger partial charge in [-0.3, -0.25) is 9.59 Å². The van der Waals surface area contributed by atoms with Crippen molar-refractivity contribution in [1.82, 2.24) is 9.55 Å². The zero-order chi connectivity index (χ0) is 20.3. The smallest absolute Gasteiger partial charge is 0.291 e. The lowest BCUT2D eigenvalue weighted by atomic mass is 10.2. The van der Waals surface area contributed by atoms with Crippen LogP contribution in [0.4, 0.5) is 24.5 Å². The maximum atomic E-state index is 13.7. The Morgan fingerprint density at radius 2 is 1.93 bits per heavy atom. The number of amides is 2. The minimum atomic E-state index is -2.68. The van der Waals surface area contributed by atoms with Crippen LogP contribution in [0.15, 0.2) is 47.6 Å². The highest BCUT2D eigenvalue weighted by molar-refractivity contribution is 7.99. The van der Waals surface area contributed by atoms with E-state index in [0.29, 0.717) is 11.0 Å². The molecule has 3 rings (SSSR count). The molecule has 0 radical (unpaired) electrons. The average Bonchev–Trinajstić information content (AvgIpc) is 2.94. The molecule has 0 aliphatic rings. The molecule has 2 N–H and O–H groups in total. The molecule has 0 aliphatic carbocycles. The molecular weight excluding hydrogens is 393 g/mol. The van der Waals surface area contributed by atoms with Crippen molar-refractivity contribution in [2.75, 3.05) is 10.6 Å². The van der Waals surface area contributed by atoms with Crippen LogP contribution in [0.2, 0.25) is 0 Å². The number of nitrogens with one attached hydrogen (secondary N) is 2. The molecule has 6 nitrogen and oxygen atoms in total. The van der Waals surface area contributed by atoms with E-state index >= 15 is 0 Å². The van der Waals surface area contributed by atoms with Gasteiger partial charge in [0.1, 0.15) is 12.4 Å². The first-order chi connectivity index (χ1) is 13.3. The molecule has 0 spiro atoms. The Kier molecular flexibility index (Phi) is 5.88. The molecule has 0 saturated heterocycles. The third-order valence-corrected chi connectivity index (χ3v) is 4.38. The van der Waals surface area contributed by atoms with Gasteiger partial charge in [-0.15, -0.1) is 0 Å². The molecule has 3 aromatic rings. The number of halogens is 3. The Hall–Kier alpha value is -3.01. The van der Waals surface area contributed by atoms with E-state index < -0.39 is 23.4 Å². The van der Waals surface area contributed by atoms with Crippen molar-refractivity contribution in [1.29, 1.82) is 0 Å². The molecule has 1 aromatic heterocycles. The molecule has 10 heteroatoms. The number of benzene rings is 2. The maximum absolute atomic E-state index is 13.7. The quantitative estimate of drug-likeness (QED) is 0.603. The number of anilines is 2. The summed E-state index contributed by atoms with van der Waals surface area (Å²) in [5.41, 5.74) is 1.21. The first kappa shape index (κ1) is 19.7. The van der Waals surface area contributed by atoms with Crippen LogP contribution in [-0.2, 0) is 16.1 Å². The molecule has 0 saturated carbocycles. The van der Waals surface area contributed by atoms with E-state index in [-0.39, 0.29) is 34.8 Å². The highest BCUT2D eigenvalue weighted by Crippen LogP contribution is 2.28. The largest absolute Gasteiger partial charge is 0.324 e. The van der Waals surface area contributed by atoms with E-state index in [0.717, 1.165) is 6.07 Å². The van der Waals surface area contributed by atoms with Gasteiger partial charge < -0.3 is 15.2 Å². The molecule has 28 heavy (non-hydrogen) atoms. The van der Waals surface area contributed by atoms with Crippen LogP contribution < -0.4 is 10.6 Å². The van der Waals surface area contributed by atoms with Gasteiger partial charge in [-0.25, -0.2) is 9.37 Å². The van der Waals surface area contributed by atoms with Gasteiger partial charge in [0.05, 0.1) is 16.7 Å². The SMILES string of the molecule is CC(=O)Nc1cc(NC(=O)Cn2c(SC(F)F)nc3ccccc32)ccc1F. The van der Waals surface area contributed by atoms with Gasteiger partial charge in [0.15, 0.2) is 5.16 Å². The summed E-state index contributed by atoms with van der Waals surface area (Å²) in [7, 11) is 0. The van der Waals surface area contributed by atoms with Crippen molar-refractivity contribution in [3.05, 3.63) is 48.3 Å². The number of hydrogen-bond acceptors (Lipinski definition) is 4. The second kappa shape index (κ2) is 8.34. The van der Waals surface area contributed by atoms with Gasteiger partial charge in [0, 0.05) is 12.6 Å². The van der Waals surface area contributed by atoms with Gasteiger partial charge >= 0.3 is 0 Å². The maximum Gasteiger partial charge on any atom is 0.291 e. The number of hydrogen-bond donors (Lipinski definition) is 2. The number of fused-ring (bicyclic) bond motifs is 1. The van der Waals surface area contributed by atoms with E-state index in [4.69, 9.17) is 0 Å². The van der Waals surface area contributed by atoms with Crippen LogP contribution in [0.3, 0.4) is 0 Å². The number of alkyl halides is 2. The highest BCUT2D eigenvalue weighted by atomic mass is 32.2. The zero-order valence-electron chi connectivity index (χ0n) is 14.6. The summed E-state index contributed by atoms with van der Waals surface area (Å²) in [4.78, 5) is 27.7. The van der Waals surface area contributed by atoms with Crippen LogP contribution in [0, 0.1) is 5.82 Å². The summed E-state index contributed by atoms with van der Waals surface area (Å²) in [5, 5.41) is 4.90. The van der Waals surface area contributed by atoms with Crippen molar-refractivity contribution < 1.29 is 22.8 Å². The minimum absolute atomic E-state index is 0.0180. The van der Waals surface area contributed by atoms with Gasteiger partial charge in [-0.05, 0) is 42.1 Å². The van der Waals surface area contributed by atoms with E-state index in [9.17, 15) is 22.8 Å². The van der Waals surface area contributed by atoms with Crippen molar-refractivity contribution in [2.24, 2.45) is 0 Å². The lowest BCUT2D eigenvalue weighted by Gasteiger charge is -2.11. The fourth-order valence-corrected chi connectivity index (χ4v) is 3.21. The first-order valence-electron chi connectivity index (χ1n) is 8.10. The summed E-state index contributed by atoms with van der Waals surface area (Å²) in [6.45, 7) is 0.972. The van der Waals surface area contributed by atoms with Crippen LogP contribution in [0.25, 0.3) is 11.0 Å². The van der Waals surface area contributed by atoms with Crippen molar-refractivity contribution in [3.63, 3.8) is 0 Å². The van der Waals surface area contributed by atoms with Gasteiger partial charge in [-0.1, -0.05) is 12.1 Å². The number of para-hydroxylation sites is 2. The summed E-state index contributed by atoms with van der Waals surface area (Å²) < 4.78 is 40.8. The predicted molar refractivity (Wildman–Crippen MR) is 101 cm³/mol. The van der Waals surface area contributed by atoms with Crippen LogP contribution in [-0.4, -0.2) is 27.1 Å². The van der Waals surface area contributed by atoms with Gasteiger partial charge in [-0.2, -0.15) is 8.78 Å². The molecule has 146 valence electrons. The van der Waals surface area contributed by atoms with Gasteiger partial charge in [0.2, 0.25) is 11.8 Å². The van der Waals surface area contributed by atoms with E-state index in [1.165, 1.54) is 23.6 Å². The Labute approximate surface area is 162 Å². The monoisotopic (exact) mass is 408 g/mol. The molecule has 2 amide bonds. The van der Waals surface area contributed by atoms with Crippen LogP contribution >= 0.6 is 11.8 Å². The van der Waals surface area contributed by atoms with E-state index in [2.05, 4.69) is 15.6 Å². The van der Waals surface area contributed by atoms with Crippen LogP contribution in [0.5, 0.6) is 0 Å². The fraction of sp³-hybridized carbons (Fsp3) is 0.167. The fourth-order valence-electron chi connectivity index (χ4n) is 2.61. The molecule has 1 heterocycles. The number of thioether (sulfide) groups is 1. The highest BCUT2D eigenvalue weighted by Gasteiger charge is 2.18. The number of rotatable bonds is 6. The average molecular weight is 408 g/mol. The summed E-state index contributed by atoms with van der Waals surface area (Å²) >= 11 is 0.252. The second-order valence-electron chi connectivity index (χ2n) is 5.77. The Morgan fingerprint density at radius 3 is 2.64 bits per heavy atom. The zero-order valence-corrected chi connectivity index (χ0v) is 15.4. The van der Waals surface area contributed by atoms with Crippen molar-refractivity contribution in [2.45, 2.75) is 24.4 Å². The molecule has 0 fully saturated rings. The van der Waals surface area contributed by atoms with E-state index in [1.807, 2.05) is 0 Å². The third kappa shape index (κ3) is 4.63. The molecular formula is C18H15F3N4O2S. The summed E-state index contributed by atoms with van der Waals surface area (Å²) in [6.07, 6.45) is 0. The minimum Gasteiger partial charge on any atom is -0.324 e. The third-order valence-electron chi connectivity index (χ3n) is 3.68. The molecule has 2 aromatic carbocycles. The Balaban J connectivity index is 1.83. The number of imidazole rings is 1. The molecule has 0 atom stereocenters. The van der Waals surface area contributed by atoms with Crippen LogP contribution in [0.1, 0.15) is 6.92 Å². The number of carbonyl (C=O) groups excluding carboxylic acids is 2. The predicted octanol–water partition coefficient (Wildman–Crippen LogP) is 4.09. The van der Waals surface area contributed by atoms with Crippen molar-refractivity contribution >= 4 is 46.0 Å². The Bertz CT molecular complexity index is 1040. The Morgan fingerprint density at radius 1 is 1.18 bits per heavy atom. The second-order valence-corrected chi connectivity index (χ2v) is 6.73. The first-order valence-corrected chi connectivity index (χ1v) is 8.98. The summed E-state index contributed by atoms with van der Waals surface area (Å²) in [5.74, 6) is -4.30. The van der Waals surface area contributed by atoms with Crippen molar-refractivity contribution in [3.8, 4) is 0 Å². The number of aromatic nitrogens is 2. The van der Waals surface area contributed by atoms with Gasteiger partial charge in [0.25, 0.3) is 5.76 Å². The normalized spacial score (nSPS) is 11.0. The number of carbonyl (C=O) groups is 2. The molecule has 0 unspecified atom stereocenters. The molecule has 0 aliphatic heterocycles. The topological polar surface area (TPSA) is 76.0 Å². The molecule has 0 bridgehead atoms. The lowest BCUT2D eigenvalue weighted by molar-refractivity contribution is -0.117. The lowest BCUT2D eigenvalue weighted by Crippen LogP contribution is -2.19. The summed E-state index contributed by atoms with van der Waals surface area (Å²) in [6, 6.07) is 10.5. The van der Waals surface area contributed by atoms with E-state index in [1.54, 1.807) is 24.3 Å². The standard InChI is InChI=1S/C18H15F3N4O2S/c1-10(26)22-14-8-11(6-7-12(14)19)23-16(27)9-25-15-5-3-2-4-13(15)24-18(25)28-17(20)21/h2-8,17H,9H2,1H3,(H,22,26)(H,23,27). The number of nitrogens with zero attached hydrogens (tertiary/aromatic N) is 2.